The number of para-hydroxylation sites is 1. The number of nitrogens with zero attached hydrogens (tertiary/aromatic N) is 2. The smallest absolute Gasteiger partial charge is 0.0590 e. The number of nitrogens with one attached hydrogen (secondary N) is 2. The summed E-state index contributed by atoms with van der Waals surface area (Å²) < 4.78 is 5.49. The van der Waals surface area contributed by atoms with Gasteiger partial charge in [0.05, 0.1) is 11.0 Å². The minimum absolute atomic E-state index is 0.540. The Hall–Kier alpha value is -2.30. The Balaban J connectivity index is 1.59. The topological polar surface area (TPSA) is 33.9 Å². The Morgan fingerprint density at radius 1 is 0.688 bits per heavy atom. The zero-order valence-corrected chi connectivity index (χ0v) is 19.0. The molecule has 1 aliphatic carbocycles. The average Bonchev–Trinajstić information content (AvgIpc) is 3.38. The lowest BCUT2D eigenvalue weighted by atomic mass is 9.95. The lowest BCUT2D eigenvalue weighted by molar-refractivity contribution is 0.369. The number of piperidine rings is 2. The fourth-order valence-corrected chi connectivity index (χ4v) is 7.05. The van der Waals surface area contributed by atoms with Gasteiger partial charge in [0.1, 0.15) is 0 Å². The summed E-state index contributed by atoms with van der Waals surface area (Å²) in [5.74, 6) is 0. The molecule has 32 heavy (non-hydrogen) atoms. The van der Waals surface area contributed by atoms with Gasteiger partial charge in [-0.3, -0.25) is 0 Å². The largest absolute Gasteiger partial charge is 0.339 e. The second-order valence-electron chi connectivity index (χ2n) is 10.2. The highest BCUT2D eigenvalue weighted by molar-refractivity contribution is 6.20. The summed E-state index contributed by atoms with van der Waals surface area (Å²) >= 11 is 0. The average molecular weight is 427 g/mol. The molecule has 0 radical (unpaired) electrons. The van der Waals surface area contributed by atoms with Crippen molar-refractivity contribution < 1.29 is 0 Å². The maximum absolute atomic E-state index is 3.70. The number of fused-ring (bicyclic) bond motifs is 7. The number of hydrogen-bond donors (Lipinski definition) is 2. The molecule has 166 valence electrons. The molecule has 2 atom stereocenters. The number of hydrogen-bond acceptors (Lipinski definition) is 2. The first kappa shape index (κ1) is 19.2. The van der Waals surface area contributed by atoms with Crippen LogP contribution in [0.5, 0.6) is 0 Å². The first-order valence-electron chi connectivity index (χ1n) is 12.9. The van der Waals surface area contributed by atoms with Crippen LogP contribution >= 0.6 is 0 Å². The van der Waals surface area contributed by atoms with Crippen molar-refractivity contribution in [1.29, 1.82) is 0 Å². The maximum Gasteiger partial charge on any atom is 0.0590 e. The molecular formula is C28H34N4. The molecule has 4 heterocycles. The zero-order valence-electron chi connectivity index (χ0n) is 19.0. The monoisotopic (exact) mass is 426 g/mol. The number of aryl methyl sites for hydroxylation is 1. The van der Waals surface area contributed by atoms with Gasteiger partial charge >= 0.3 is 0 Å². The number of benzene rings is 2. The van der Waals surface area contributed by atoms with Crippen LogP contribution in [-0.2, 0) is 12.8 Å². The van der Waals surface area contributed by atoms with E-state index in [-0.39, 0.29) is 0 Å². The lowest BCUT2D eigenvalue weighted by Gasteiger charge is -2.28. The molecule has 2 unspecified atom stereocenters. The first-order chi connectivity index (χ1) is 15.9. The van der Waals surface area contributed by atoms with Gasteiger partial charge < -0.3 is 19.8 Å². The van der Waals surface area contributed by atoms with Gasteiger partial charge in [0, 0.05) is 52.5 Å². The molecule has 2 aromatic carbocycles. The summed E-state index contributed by atoms with van der Waals surface area (Å²) in [5, 5.41) is 11.8. The number of aromatic nitrogens is 2. The maximum atomic E-state index is 3.70. The van der Waals surface area contributed by atoms with Crippen LogP contribution in [0.4, 0.5) is 0 Å². The van der Waals surface area contributed by atoms with E-state index in [0.717, 1.165) is 19.6 Å². The summed E-state index contributed by atoms with van der Waals surface area (Å²) in [7, 11) is 0. The Morgan fingerprint density at radius 2 is 1.44 bits per heavy atom. The minimum Gasteiger partial charge on any atom is -0.339 e. The van der Waals surface area contributed by atoms with Crippen molar-refractivity contribution in [2.24, 2.45) is 0 Å². The second kappa shape index (κ2) is 7.64. The van der Waals surface area contributed by atoms with E-state index in [1.165, 1.54) is 90.6 Å². The van der Waals surface area contributed by atoms with Gasteiger partial charge in [-0.2, -0.15) is 0 Å². The Kier molecular flexibility index (Phi) is 4.58. The van der Waals surface area contributed by atoms with Gasteiger partial charge in [-0.15, -0.1) is 0 Å². The van der Waals surface area contributed by atoms with Crippen LogP contribution in [0, 0.1) is 0 Å². The molecule has 0 amide bonds. The molecule has 2 saturated heterocycles. The van der Waals surface area contributed by atoms with Crippen LogP contribution in [-0.4, -0.2) is 35.3 Å². The van der Waals surface area contributed by atoms with Crippen LogP contribution in [0.3, 0.4) is 0 Å². The van der Waals surface area contributed by atoms with Gasteiger partial charge in [-0.05, 0) is 82.2 Å². The van der Waals surface area contributed by atoms with E-state index in [4.69, 9.17) is 0 Å². The Morgan fingerprint density at radius 3 is 2.22 bits per heavy atom. The van der Waals surface area contributed by atoms with Crippen molar-refractivity contribution in [1.82, 2.24) is 19.8 Å². The van der Waals surface area contributed by atoms with Gasteiger partial charge in [-0.1, -0.05) is 24.3 Å². The third-order valence-electron chi connectivity index (χ3n) is 8.42. The van der Waals surface area contributed by atoms with E-state index in [0.29, 0.717) is 12.1 Å². The predicted octanol–water partition coefficient (Wildman–Crippen LogP) is 5.48. The zero-order chi connectivity index (χ0) is 21.1. The molecule has 0 spiro atoms. The van der Waals surface area contributed by atoms with E-state index in [2.05, 4.69) is 56.2 Å². The highest BCUT2D eigenvalue weighted by Gasteiger charge is 2.29. The highest BCUT2D eigenvalue weighted by Crippen LogP contribution is 2.43. The van der Waals surface area contributed by atoms with Gasteiger partial charge in [0.2, 0.25) is 0 Å². The van der Waals surface area contributed by atoms with Gasteiger partial charge in [0.25, 0.3) is 0 Å². The summed E-state index contributed by atoms with van der Waals surface area (Å²) in [6.07, 6.45) is 10.3. The molecule has 2 aliphatic heterocycles. The van der Waals surface area contributed by atoms with Crippen LogP contribution in [0.25, 0.3) is 32.7 Å². The minimum atomic E-state index is 0.540. The summed E-state index contributed by atoms with van der Waals surface area (Å²) in [6, 6.07) is 15.2. The molecule has 2 fully saturated rings. The second-order valence-corrected chi connectivity index (χ2v) is 10.2. The fraction of sp³-hybridized carbons (Fsp3) is 0.500. The third kappa shape index (κ3) is 2.75. The molecular weight excluding hydrogens is 392 g/mol. The van der Waals surface area contributed by atoms with Crippen LogP contribution in [0.15, 0.2) is 36.4 Å². The van der Waals surface area contributed by atoms with Crippen LogP contribution in [0.2, 0.25) is 0 Å². The molecule has 3 aliphatic rings. The molecule has 0 saturated carbocycles. The van der Waals surface area contributed by atoms with Gasteiger partial charge in [0.15, 0.2) is 0 Å². The van der Waals surface area contributed by atoms with E-state index in [9.17, 15) is 0 Å². The van der Waals surface area contributed by atoms with Crippen molar-refractivity contribution in [3.8, 4) is 0 Å². The van der Waals surface area contributed by atoms with Crippen molar-refractivity contribution in [3.05, 3.63) is 47.7 Å². The van der Waals surface area contributed by atoms with Gasteiger partial charge in [-0.25, -0.2) is 0 Å². The third-order valence-corrected chi connectivity index (χ3v) is 8.42. The van der Waals surface area contributed by atoms with E-state index in [1.807, 2.05) is 0 Å². The summed E-state index contributed by atoms with van der Waals surface area (Å²) in [6.45, 7) is 4.51. The van der Waals surface area contributed by atoms with E-state index in [1.54, 1.807) is 11.3 Å². The summed E-state index contributed by atoms with van der Waals surface area (Å²) in [5.41, 5.74) is 7.67. The molecule has 4 aromatic rings. The van der Waals surface area contributed by atoms with Crippen molar-refractivity contribution in [3.63, 3.8) is 0 Å². The molecule has 0 bridgehead atoms. The highest BCUT2D eigenvalue weighted by atomic mass is 15.1. The van der Waals surface area contributed by atoms with Crippen LogP contribution in [0.1, 0.15) is 61.9 Å². The fourth-order valence-electron chi connectivity index (χ4n) is 7.05. The SMILES string of the molecule is c1ccc2c(c1)c1c3c(ccc1n2C1CCCNC1)c1c(n3C2CCCNC2)CCCC1. The molecule has 2 aromatic heterocycles. The number of rotatable bonds is 2. The normalized spacial score (nSPS) is 24.4. The van der Waals surface area contributed by atoms with Crippen molar-refractivity contribution in [2.45, 2.75) is 63.5 Å². The van der Waals surface area contributed by atoms with Crippen LogP contribution < -0.4 is 10.6 Å². The van der Waals surface area contributed by atoms with E-state index >= 15 is 0 Å². The Labute approximate surface area is 190 Å². The molecule has 7 rings (SSSR count). The molecule has 4 nitrogen and oxygen atoms in total. The van der Waals surface area contributed by atoms with Crippen molar-refractivity contribution in [2.75, 3.05) is 26.2 Å². The quantitative estimate of drug-likeness (QED) is 0.445. The Bertz CT molecular complexity index is 1300. The lowest BCUT2D eigenvalue weighted by Crippen LogP contribution is -2.32. The first-order valence-corrected chi connectivity index (χ1v) is 12.9. The van der Waals surface area contributed by atoms with Crippen molar-refractivity contribution >= 4 is 32.7 Å². The molecule has 2 N–H and O–H groups in total. The molecule has 4 heteroatoms. The summed E-state index contributed by atoms with van der Waals surface area (Å²) in [4.78, 5) is 0. The van der Waals surface area contributed by atoms with E-state index < -0.39 is 0 Å². The standard InChI is InChI=1S/C28H34N4/c1-3-11-24-21(9-1)22-13-14-26-27(28(22)32(24)20-8-6-16-30-18-20)23-10-2-4-12-25(23)31(26)19-7-5-15-29-17-19/h2,4,10,12-14,19-20,29-30H,1,3,5-9,11,15-18H2. The predicted molar refractivity (Wildman–Crippen MR) is 134 cm³/mol.